The van der Waals surface area contributed by atoms with Crippen molar-refractivity contribution in [2.24, 2.45) is 0 Å². The monoisotopic (exact) mass is 392 g/mol. The van der Waals surface area contributed by atoms with Crippen molar-refractivity contribution in [1.82, 2.24) is 14.8 Å². The van der Waals surface area contributed by atoms with Gasteiger partial charge < -0.3 is 14.7 Å². The van der Waals surface area contributed by atoms with Crippen LogP contribution in [0.4, 0.5) is 5.69 Å². The molecule has 0 saturated carbocycles. The molecule has 0 N–H and O–H groups in total. The fourth-order valence-corrected chi connectivity index (χ4v) is 4.21. The van der Waals surface area contributed by atoms with Gasteiger partial charge in [0.1, 0.15) is 0 Å². The lowest BCUT2D eigenvalue weighted by molar-refractivity contribution is -0.128. The van der Waals surface area contributed by atoms with Crippen molar-refractivity contribution >= 4 is 17.5 Å². The van der Waals surface area contributed by atoms with Crippen LogP contribution in [0.25, 0.3) is 0 Å². The molecule has 0 spiro atoms. The van der Waals surface area contributed by atoms with Gasteiger partial charge in [0.25, 0.3) is 5.91 Å². The number of nitrogens with zero attached hydrogens (tertiary/aromatic N) is 4. The Bertz CT molecular complexity index is 884. The van der Waals surface area contributed by atoms with Gasteiger partial charge in [-0.3, -0.25) is 14.6 Å². The van der Waals surface area contributed by atoms with Crippen LogP contribution in [0, 0.1) is 0 Å². The van der Waals surface area contributed by atoms with E-state index in [1.165, 1.54) is 5.56 Å². The number of aryl methyl sites for hydroxylation is 1. The molecule has 29 heavy (non-hydrogen) atoms. The minimum Gasteiger partial charge on any atom is -0.366 e. The summed E-state index contributed by atoms with van der Waals surface area (Å²) in [6.45, 7) is 5.94. The van der Waals surface area contributed by atoms with Crippen LogP contribution < -0.4 is 4.90 Å². The third-order valence-electron chi connectivity index (χ3n) is 5.82. The molecule has 2 aliphatic rings. The molecule has 1 aromatic heterocycles. The smallest absolute Gasteiger partial charge is 0.255 e. The number of fused-ring (bicyclic) bond motifs is 1. The lowest BCUT2D eigenvalue weighted by Crippen LogP contribution is -2.37. The molecule has 6 heteroatoms. The Kier molecular flexibility index (Phi) is 5.79. The highest BCUT2D eigenvalue weighted by Crippen LogP contribution is 2.28. The first kappa shape index (κ1) is 19.4. The minimum atomic E-state index is 0.0101. The molecule has 0 radical (unpaired) electrons. The normalized spacial score (nSPS) is 16.9. The number of anilines is 1. The third kappa shape index (κ3) is 4.42. The quantitative estimate of drug-likeness (QED) is 0.806. The van der Waals surface area contributed by atoms with Crippen LogP contribution in [0.2, 0.25) is 0 Å². The zero-order valence-corrected chi connectivity index (χ0v) is 17.0. The molecule has 0 bridgehead atoms. The maximum absolute atomic E-state index is 13.1. The maximum atomic E-state index is 13.1. The Morgan fingerprint density at radius 1 is 0.966 bits per heavy atom. The molecule has 1 aromatic carbocycles. The Hall–Kier alpha value is -2.89. The highest BCUT2D eigenvalue weighted by molar-refractivity contribution is 5.95. The van der Waals surface area contributed by atoms with Crippen LogP contribution >= 0.6 is 0 Å². The average Bonchev–Trinajstić information content (AvgIpc) is 3.00. The van der Waals surface area contributed by atoms with E-state index in [9.17, 15) is 9.59 Å². The first-order chi connectivity index (χ1) is 14.1. The second-order valence-electron chi connectivity index (χ2n) is 7.85. The summed E-state index contributed by atoms with van der Waals surface area (Å²) < 4.78 is 0. The Morgan fingerprint density at radius 3 is 2.52 bits per heavy atom. The summed E-state index contributed by atoms with van der Waals surface area (Å²) >= 11 is 0. The van der Waals surface area contributed by atoms with Gasteiger partial charge in [0.05, 0.1) is 16.9 Å². The Balaban J connectivity index is 1.52. The molecule has 2 aliphatic heterocycles. The van der Waals surface area contributed by atoms with E-state index in [2.05, 4.69) is 34.1 Å². The molecule has 1 saturated heterocycles. The number of carbonyl (C=O) groups excluding carboxylic acids is 2. The number of amides is 2. The number of rotatable bonds is 3. The molecule has 4 rings (SSSR count). The third-order valence-corrected chi connectivity index (χ3v) is 5.82. The Labute approximate surface area is 172 Å². The van der Waals surface area contributed by atoms with E-state index in [4.69, 9.17) is 0 Å². The van der Waals surface area contributed by atoms with Gasteiger partial charge in [-0.2, -0.15) is 0 Å². The summed E-state index contributed by atoms with van der Waals surface area (Å²) in [7, 11) is 0. The largest absolute Gasteiger partial charge is 0.366 e. The van der Waals surface area contributed by atoms with E-state index in [-0.39, 0.29) is 11.8 Å². The summed E-state index contributed by atoms with van der Waals surface area (Å²) in [5, 5.41) is 0. The van der Waals surface area contributed by atoms with Gasteiger partial charge in [0.15, 0.2) is 0 Å². The highest BCUT2D eigenvalue weighted by Gasteiger charge is 2.24. The molecular weight excluding hydrogens is 364 g/mol. The van der Waals surface area contributed by atoms with Crippen LogP contribution in [0.5, 0.6) is 0 Å². The van der Waals surface area contributed by atoms with Crippen LogP contribution in [0.3, 0.4) is 0 Å². The fourth-order valence-electron chi connectivity index (χ4n) is 4.21. The standard InChI is InChI=1S/C23H28N4O2/c1-18(28)25-11-6-12-26(14-13-25)23(29)20-15-22-21(24-16-20)9-5-10-27(22)17-19-7-3-2-4-8-19/h2-4,7-8,15-16H,5-6,9-14,17H2,1H3. The summed E-state index contributed by atoms with van der Waals surface area (Å²) in [4.78, 5) is 35.4. The summed E-state index contributed by atoms with van der Waals surface area (Å²) in [5.74, 6) is 0.0854. The van der Waals surface area contributed by atoms with Gasteiger partial charge in [0.2, 0.25) is 5.91 Å². The molecule has 2 aromatic rings. The van der Waals surface area contributed by atoms with Gasteiger partial charge in [0, 0.05) is 52.4 Å². The van der Waals surface area contributed by atoms with E-state index in [0.29, 0.717) is 31.7 Å². The zero-order valence-electron chi connectivity index (χ0n) is 17.0. The van der Waals surface area contributed by atoms with E-state index in [1.54, 1.807) is 13.1 Å². The van der Waals surface area contributed by atoms with Gasteiger partial charge in [-0.25, -0.2) is 0 Å². The van der Waals surface area contributed by atoms with Crippen LogP contribution in [0.15, 0.2) is 42.6 Å². The number of hydrogen-bond acceptors (Lipinski definition) is 4. The molecule has 0 aliphatic carbocycles. The number of benzene rings is 1. The minimum absolute atomic E-state index is 0.0101. The zero-order chi connectivity index (χ0) is 20.2. The topological polar surface area (TPSA) is 56.8 Å². The van der Waals surface area contributed by atoms with Crippen molar-refractivity contribution in [2.75, 3.05) is 37.6 Å². The second-order valence-corrected chi connectivity index (χ2v) is 7.85. The molecule has 2 amide bonds. The Morgan fingerprint density at radius 2 is 1.72 bits per heavy atom. The molecule has 3 heterocycles. The summed E-state index contributed by atoms with van der Waals surface area (Å²) in [6.07, 6.45) is 4.56. The van der Waals surface area contributed by atoms with Crippen LogP contribution in [-0.2, 0) is 17.8 Å². The molecular formula is C23H28N4O2. The predicted octanol–water partition coefficient (Wildman–Crippen LogP) is 2.73. The van der Waals surface area contributed by atoms with Crippen LogP contribution in [0.1, 0.15) is 41.4 Å². The number of aromatic nitrogens is 1. The van der Waals surface area contributed by atoms with Crippen molar-refractivity contribution in [2.45, 2.75) is 32.7 Å². The van der Waals surface area contributed by atoms with Gasteiger partial charge >= 0.3 is 0 Å². The van der Waals surface area contributed by atoms with E-state index < -0.39 is 0 Å². The lowest BCUT2D eigenvalue weighted by Gasteiger charge is -2.31. The van der Waals surface area contributed by atoms with Crippen molar-refractivity contribution < 1.29 is 9.59 Å². The fraction of sp³-hybridized carbons (Fsp3) is 0.435. The maximum Gasteiger partial charge on any atom is 0.255 e. The highest BCUT2D eigenvalue weighted by atomic mass is 16.2. The second kappa shape index (κ2) is 8.64. The van der Waals surface area contributed by atoms with Gasteiger partial charge in [-0.1, -0.05) is 30.3 Å². The van der Waals surface area contributed by atoms with Crippen molar-refractivity contribution in [1.29, 1.82) is 0 Å². The molecule has 6 nitrogen and oxygen atoms in total. The average molecular weight is 393 g/mol. The number of hydrogen-bond donors (Lipinski definition) is 0. The molecule has 0 unspecified atom stereocenters. The first-order valence-electron chi connectivity index (χ1n) is 10.4. The SMILES string of the molecule is CC(=O)N1CCCN(C(=O)c2cnc3c(c2)N(Cc2ccccc2)CCC3)CC1. The van der Waals surface area contributed by atoms with Crippen LogP contribution in [-0.4, -0.2) is 59.3 Å². The van der Waals surface area contributed by atoms with Crippen molar-refractivity contribution in [3.63, 3.8) is 0 Å². The molecule has 152 valence electrons. The molecule has 0 atom stereocenters. The lowest BCUT2D eigenvalue weighted by atomic mass is 10.0. The predicted molar refractivity (Wildman–Crippen MR) is 113 cm³/mol. The van der Waals surface area contributed by atoms with Crippen molar-refractivity contribution in [3.8, 4) is 0 Å². The van der Waals surface area contributed by atoms with E-state index in [1.807, 2.05) is 21.9 Å². The summed E-state index contributed by atoms with van der Waals surface area (Å²) in [5.41, 5.74) is 4.04. The van der Waals surface area contributed by atoms with Crippen molar-refractivity contribution in [3.05, 3.63) is 59.4 Å². The number of pyridine rings is 1. The van der Waals surface area contributed by atoms with E-state index >= 15 is 0 Å². The van der Waals surface area contributed by atoms with E-state index in [0.717, 1.165) is 43.7 Å². The summed E-state index contributed by atoms with van der Waals surface area (Å²) in [6, 6.07) is 12.4. The number of carbonyl (C=O) groups is 2. The molecule has 1 fully saturated rings. The van der Waals surface area contributed by atoms with Gasteiger partial charge in [-0.05, 0) is 30.9 Å². The first-order valence-corrected chi connectivity index (χ1v) is 10.4. The van der Waals surface area contributed by atoms with Gasteiger partial charge in [-0.15, -0.1) is 0 Å².